The summed E-state index contributed by atoms with van der Waals surface area (Å²) in [6, 6.07) is 22.9. The molecule has 0 spiro atoms. The maximum Gasteiger partial charge on any atom is 0.267 e. The van der Waals surface area contributed by atoms with E-state index in [1.807, 2.05) is 73.7 Å². The smallest absolute Gasteiger partial charge is 0.267 e. The predicted octanol–water partition coefficient (Wildman–Crippen LogP) is 4.96. The molecule has 0 heterocycles. The molecule has 3 rings (SSSR count). The van der Waals surface area contributed by atoms with Crippen LogP contribution < -0.4 is 14.8 Å². The Balaban J connectivity index is 1.55. The zero-order valence-electron chi connectivity index (χ0n) is 17.9. The average molecular weight is 418 g/mol. The molecule has 0 unspecified atom stereocenters. The quantitative estimate of drug-likeness (QED) is 0.394. The molecule has 0 radical (unpaired) electrons. The lowest BCUT2D eigenvalue weighted by molar-refractivity contribution is -0.126. The van der Waals surface area contributed by atoms with Crippen LogP contribution in [0.3, 0.4) is 0 Å². The second-order valence-corrected chi connectivity index (χ2v) is 7.03. The summed E-state index contributed by atoms with van der Waals surface area (Å²) in [5, 5.41) is 6.75. The Hall–Kier alpha value is -3.80. The average Bonchev–Trinajstić information content (AvgIpc) is 2.78. The SMILES string of the molecule is COc1cc(/C=N\O[C@@H](C)C(=O)Nc2cccc(C)c2)ccc1OCc1ccccc1. The topological polar surface area (TPSA) is 69.2 Å². The van der Waals surface area contributed by atoms with E-state index in [1.165, 1.54) is 6.21 Å². The highest BCUT2D eigenvalue weighted by Gasteiger charge is 2.14. The number of oxime groups is 1. The largest absolute Gasteiger partial charge is 0.493 e. The minimum Gasteiger partial charge on any atom is -0.493 e. The number of anilines is 1. The van der Waals surface area contributed by atoms with E-state index in [2.05, 4.69) is 10.5 Å². The lowest BCUT2D eigenvalue weighted by Gasteiger charge is -2.12. The highest BCUT2D eigenvalue weighted by atomic mass is 16.6. The summed E-state index contributed by atoms with van der Waals surface area (Å²) in [6.45, 7) is 4.05. The molecule has 0 bridgehead atoms. The van der Waals surface area contributed by atoms with E-state index in [9.17, 15) is 4.79 Å². The van der Waals surface area contributed by atoms with Crippen LogP contribution in [0.25, 0.3) is 0 Å². The van der Waals surface area contributed by atoms with Gasteiger partial charge in [-0.15, -0.1) is 0 Å². The third-order valence-corrected chi connectivity index (χ3v) is 4.50. The number of hydrogen-bond donors (Lipinski definition) is 1. The summed E-state index contributed by atoms with van der Waals surface area (Å²) in [4.78, 5) is 17.6. The van der Waals surface area contributed by atoms with Gasteiger partial charge >= 0.3 is 0 Å². The van der Waals surface area contributed by atoms with Gasteiger partial charge in [-0.1, -0.05) is 47.6 Å². The molecule has 1 amide bonds. The van der Waals surface area contributed by atoms with E-state index in [1.54, 1.807) is 20.1 Å². The van der Waals surface area contributed by atoms with Gasteiger partial charge in [0.05, 0.1) is 13.3 Å². The number of methoxy groups -OCH3 is 1. The fourth-order valence-corrected chi connectivity index (χ4v) is 2.82. The molecule has 1 atom stereocenters. The van der Waals surface area contributed by atoms with Crippen molar-refractivity contribution in [1.82, 2.24) is 0 Å². The van der Waals surface area contributed by atoms with Crippen molar-refractivity contribution >= 4 is 17.8 Å². The van der Waals surface area contributed by atoms with Crippen molar-refractivity contribution in [3.05, 3.63) is 89.5 Å². The number of nitrogens with zero attached hydrogens (tertiary/aromatic N) is 1. The molecule has 0 saturated heterocycles. The molecular weight excluding hydrogens is 392 g/mol. The molecule has 6 nitrogen and oxygen atoms in total. The molecule has 0 aliphatic carbocycles. The first-order valence-electron chi connectivity index (χ1n) is 9.96. The molecule has 160 valence electrons. The van der Waals surface area contributed by atoms with Crippen LogP contribution in [0.4, 0.5) is 5.69 Å². The van der Waals surface area contributed by atoms with E-state index < -0.39 is 6.10 Å². The summed E-state index contributed by atoms with van der Waals surface area (Å²) in [7, 11) is 1.58. The van der Waals surface area contributed by atoms with Crippen molar-refractivity contribution in [2.45, 2.75) is 26.6 Å². The van der Waals surface area contributed by atoms with Gasteiger partial charge in [0.15, 0.2) is 11.5 Å². The Bertz CT molecular complexity index is 1030. The molecule has 31 heavy (non-hydrogen) atoms. The van der Waals surface area contributed by atoms with Gasteiger partial charge in [0.2, 0.25) is 6.10 Å². The summed E-state index contributed by atoms with van der Waals surface area (Å²) >= 11 is 0. The molecular formula is C25H26N2O4. The van der Waals surface area contributed by atoms with Crippen LogP contribution in [0.2, 0.25) is 0 Å². The van der Waals surface area contributed by atoms with Gasteiger partial charge in [-0.05, 0) is 55.3 Å². The lowest BCUT2D eigenvalue weighted by Crippen LogP contribution is -2.26. The van der Waals surface area contributed by atoms with Crippen LogP contribution in [0.15, 0.2) is 78.0 Å². The molecule has 6 heteroatoms. The van der Waals surface area contributed by atoms with Crippen molar-refractivity contribution in [1.29, 1.82) is 0 Å². The Labute approximate surface area is 182 Å². The molecule has 0 fully saturated rings. The molecule has 0 aliphatic heterocycles. The second-order valence-electron chi connectivity index (χ2n) is 7.03. The number of rotatable bonds is 9. The van der Waals surface area contributed by atoms with Crippen molar-refractivity contribution in [2.24, 2.45) is 5.16 Å². The standard InChI is InChI=1S/C25H26N2O4/c1-18-8-7-11-22(14-18)27-25(28)19(2)31-26-16-21-12-13-23(24(15-21)29-3)30-17-20-9-5-4-6-10-20/h4-16,19H,17H2,1-3H3,(H,27,28)/b26-16-/t19-/m0/s1. The van der Waals surface area contributed by atoms with Gasteiger partial charge in [0.1, 0.15) is 6.61 Å². The maximum atomic E-state index is 12.3. The summed E-state index contributed by atoms with van der Waals surface area (Å²) < 4.78 is 11.3. The number of nitrogens with one attached hydrogen (secondary N) is 1. The first-order chi connectivity index (χ1) is 15.0. The number of carbonyl (C=O) groups excluding carboxylic acids is 1. The van der Waals surface area contributed by atoms with Crippen LogP contribution in [-0.2, 0) is 16.2 Å². The Morgan fingerprint density at radius 2 is 1.84 bits per heavy atom. The van der Waals surface area contributed by atoms with E-state index in [4.69, 9.17) is 14.3 Å². The van der Waals surface area contributed by atoms with Crippen molar-refractivity contribution in [2.75, 3.05) is 12.4 Å². The summed E-state index contributed by atoms with van der Waals surface area (Å²) in [5.41, 5.74) is 3.62. The van der Waals surface area contributed by atoms with Crippen molar-refractivity contribution in [3.8, 4) is 11.5 Å². The van der Waals surface area contributed by atoms with E-state index in [-0.39, 0.29) is 5.91 Å². The normalized spacial score (nSPS) is 11.7. The summed E-state index contributed by atoms with van der Waals surface area (Å²) in [5.74, 6) is 0.949. The van der Waals surface area contributed by atoms with Crippen molar-refractivity contribution in [3.63, 3.8) is 0 Å². The Morgan fingerprint density at radius 1 is 1.03 bits per heavy atom. The minimum atomic E-state index is -0.743. The van der Waals surface area contributed by atoms with Crippen LogP contribution in [-0.4, -0.2) is 25.3 Å². The predicted molar refractivity (Wildman–Crippen MR) is 122 cm³/mol. The molecule has 0 aromatic heterocycles. The monoisotopic (exact) mass is 418 g/mol. The fraction of sp³-hybridized carbons (Fsp3) is 0.200. The van der Waals surface area contributed by atoms with Crippen LogP contribution in [0.1, 0.15) is 23.6 Å². The number of ether oxygens (including phenoxy) is 2. The van der Waals surface area contributed by atoms with Crippen LogP contribution in [0.5, 0.6) is 11.5 Å². The zero-order chi connectivity index (χ0) is 22.1. The lowest BCUT2D eigenvalue weighted by atomic mass is 10.2. The molecule has 1 N–H and O–H groups in total. The number of benzene rings is 3. The van der Waals surface area contributed by atoms with Gasteiger partial charge in [-0.2, -0.15) is 0 Å². The fourth-order valence-electron chi connectivity index (χ4n) is 2.82. The molecule has 3 aromatic rings. The minimum absolute atomic E-state index is 0.273. The summed E-state index contributed by atoms with van der Waals surface area (Å²) in [6.07, 6.45) is 0.784. The zero-order valence-corrected chi connectivity index (χ0v) is 17.9. The number of aryl methyl sites for hydroxylation is 1. The van der Waals surface area contributed by atoms with Gasteiger partial charge in [-0.3, -0.25) is 4.79 Å². The Kier molecular flexibility index (Phi) is 7.65. The van der Waals surface area contributed by atoms with Gasteiger partial charge in [0.25, 0.3) is 5.91 Å². The molecule has 0 aliphatic rings. The highest BCUT2D eigenvalue weighted by Crippen LogP contribution is 2.28. The van der Waals surface area contributed by atoms with Gasteiger partial charge in [-0.25, -0.2) is 0 Å². The first kappa shape index (κ1) is 21.9. The second kappa shape index (κ2) is 10.8. The van der Waals surface area contributed by atoms with E-state index in [0.29, 0.717) is 18.1 Å². The molecule has 0 saturated carbocycles. The highest BCUT2D eigenvalue weighted by molar-refractivity contribution is 5.94. The third-order valence-electron chi connectivity index (χ3n) is 4.50. The van der Waals surface area contributed by atoms with Gasteiger partial charge < -0.3 is 19.6 Å². The first-order valence-corrected chi connectivity index (χ1v) is 9.96. The van der Waals surface area contributed by atoms with E-state index in [0.717, 1.165) is 22.4 Å². The van der Waals surface area contributed by atoms with E-state index >= 15 is 0 Å². The van der Waals surface area contributed by atoms with Crippen LogP contribution in [0, 0.1) is 6.92 Å². The third kappa shape index (κ3) is 6.60. The maximum absolute atomic E-state index is 12.3. The number of carbonyl (C=O) groups is 1. The number of amides is 1. The van der Waals surface area contributed by atoms with Crippen molar-refractivity contribution < 1.29 is 19.1 Å². The van der Waals surface area contributed by atoms with Crippen LogP contribution >= 0.6 is 0 Å². The van der Waals surface area contributed by atoms with Gasteiger partial charge in [0, 0.05) is 11.3 Å². The molecule has 3 aromatic carbocycles. The number of hydrogen-bond acceptors (Lipinski definition) is 5. The Morgan fingerprint density at radius 3 is 2.58 bits per heavy atom.